The highest BCUT2D eigenvalue weighted by Gasteiger charge is 2.01. The van der Waals surface area contributed by atoms with Crippen LogP contribution in [0.25, 0.3) is 0 Å². The third-order valence-corrected chi connectivity index (χ3v) is 3.61. The molecule has 0 aliphatic carbocycles. The fourth-order valence-corrected chi connectivity index (χ4v) is 2.75. The average molecular weight is 285 g/mol. The first-order chi connectivity index (χ1) is 8.61. The van der Waals surface area contributed by atoms with Crippen molar-refractivity contribution in [1.29, 1.82) is 0 Å². The van der Waals surface area contributed by atoms with Crippen LogP contribution in [0.3, 0.4) is 0 Å². The summed E-state index contributed by atoms with van der Waals surface area (Å²) in [6.07, 6.45) is 2.76. The van der Waals surface area contributed by atoms with E-state index in [1.165, 1.54) is 17.4 Å². The lowest BCUT2D eigenvalue weighted by Crippen LogP contribution is -2.21. The molecule has 6 N–H and O–H groups in total. The minimum atomic E-state index is 0.00956. The van der Waals surface area contributed by atoms with Crippen molar-refractivity contribution in [1.82, 2.24) is 4.98 Å². The number of hydrogen-bond donors (Lipinski definition) is 3. The summed E-state index contributed by atoms with van der Waals surface area (Å²) in [5, 5.41) is 2.48. The van der Waals surface area contributed by atoms with Gasteiger partial charge in [-0.3, -0.25) is 4.79 Å². The molecule has 6 nitrogen and oxygen atoms in total. The van der Waals surface area contributed by atoms with Crippen LogP contribution in [0.1, 0.15) is 12.1 Å². The molecule has 0 aromatic carbocycles. The zero-order valence-electron chi connectivity index (χ0n) is 9.70. The summed E-state index contributed by atoms with van der Waals surface area (Å²) in [5.74, 6) is 1.62. The minimum absolute atomic E-state index is 0.00956. The molecule has 1 rings (SSSR count). The maximum absolute atomic E-state index is 10.2. The highest BCUT2D eigenvalue weighted by atomic mass is 32.2. The number of thiazole rings is 1. The molecule has 0 amide bonds. The number of aromatic nitrogens is 1. The molecule has 8 heteroatoms. The number of thioether (sulfide) groups is 1. The molecule has 1 aromatic rings. The molecule has 0 radical (unpaired) electrons. The number of guanidine groups is 1. The first-order valence-corrected chi connectivity index (χ1v) is 7.17. The van der Waals surface area contributed by atoms with Crippen LogP contribution in [0.15, 0.2) is 22.1 Å². The van der Waals surface area contributed by atoms with Gasteiger partial charge in [0, 0.05) is 16.8 Å². The van der Waals surface area contributed by atoms with Gasteiger partial charge < -0.3 is 17.2 Å². The number of nitrogens with zero attached hydrogens (tertiary/aromatic N) is 2. The van der Waals surface area contributed by atoms with Gasteiger partial charge in [-0.1, -0.05) is 0 Å². The third-order valence-electron chi connectivity index (χ3n) is 1.83. The summed E-state index contributed by atoms with van der Waals surface area (Å²) in [4.78, 5) is 18.3. The first-order valence-electron chi connectivity index (χ1n) is 5.13. The predicted octanol–water partition coefficient (Wildman–Crippen LogP) is 0.713. The Morgan fingerprint density at radius 1 is 1.50 bits per heavy atom. The summed E-state index contributed by atoms with van der Waals surface area (Å²) < 4.78 is 0. The minimum Gasteiger partial charge on any atom is -0.402 e. The monoisotopic (exact) mass is 285 g/mol. The zero-order valence-corrected chi connectivity index (χ0v) is 11.3. The zero-order chi connectivity index (χ0) is 13.4. The number of carbonyl (C=O) groups excluding carboxylic acids is 1. The predicted molar refractivity (Wildman–Crippen MR) is 76.7 cm³/mol. The Labute approximate surface area is 113 Å². The molecule has 1 heterocycles. The van der Waals surface area contributed by atoms with Crippen molar-refractivity contribution < 1.29 is 4.79 Å². The van der Waals surface area contributed by atoms with Crippen molar-refractivity contribution in [2.24, 2.45) is 22.2 Å². The van der Waals surface area contributed by atoms with Crippen LogP contribution in [0.2, 0.25) is 0 Å². The number of hydrogen-bond acceptors (Lipinski definition) is 6. The smallest absolute Gasteiger partial charge is 0.212 e. The second kappa shape index (κ2) is 7.72. The van der Waals surface area contributed by atoms with E-state index < -0.39 is 0 Å². The molecule has 0 spiro atoms. The van der Waals surface area contributed by atoms with Crippen LogP contribution in [0.5, 0.6) is 0 Å². The first kappa shape index (κ1) is 14.5. The van der Waals surface area contributed by atoms with E-state index >= 15 is 0 Å². The normalized spacial score (nSPS) is 11.2. The van der Waals surface area contributed by atoms with Gasteiger partial charge in [0.05, 0.1) is 5.69 Å². The Hall–Kier alpha value is -1.54. The number of aliphatic imine (C=N–C) groups is 1. The highest BCUT2D eigenvalue weighted by Crippen LogP contribution is 2.22. The molecule has 0 saturated heterocycles. The lowest BCUT2D eigenvalue weighted by atomic mass is 10.3. The largest absolute Gasteiger partial charge is 0.402 e. The molecule has 0 aliphatic rings. The van der Waals surface area contributed by atoms with Crippen LogP contribution < -0.4 is 17.2 Å². The second-order valence-electron chi connectivity index (χ2n) is 3.34. The van der Waals surface area contributed by atoms with Crippen LogP contribution >= 0.6 is 23.1 Å². The van der Waals surface area contributed by atoms with Crippen molar-refractivity contribution in [3.63, 3.8) is 0 Å². The van der Waals surface area contributed by atoms with Gasteiger partial charge in [0.15, 0.2) is 5.96 Å². The van der Waals surface area contributed by atoms with Crippen LogP contribution in [0, 0.1) is 0 Å². The van der Waals surface area contributed by atoms with Crippen molar-refractivity contribution in [2.45, 2.75) is 12.2 Å². The number of aldehydes is 1. The molecule has 18 heavy (non-hydrogen) atoms. The topological polar surface area (TPSA) is 120 Å². The molecular formula is C10H15N5OS2. The van der Waals surface area contributed by atoms with Crippen molar-refractivity contribution >= 4 is 40.5 Å². The molecule has 0 bridgehead atoms. The standard InChI is InChI=1S/C10H15N5OS2/c11-7(1-3-16)2-4-17-5-8-6-18-10(14-8)15-9(12)13/h1,3,6H,2,4-5,11H2,(H4,12,13,14,15)/b7-1-. The highest BCUT2D eigenvalue weighted by molar-refractivity contribution is 7.98. The second-order valence-corrected chi connectivity index (χ2v) is 5.28. The van der Waals surface area contributed by atoms with Crippen molar-refractivity contribution in [2.75, 3.05) is 5.75 Å². The van der Waals surface area contributed by atoms with E-state index in [4.69, 9.17) is 17.2 Å². The summed E-state index contributed by atoms with van der Waals surface area (Å²) in [5.41, 5.74) is 17.6. The number of rotatable bonds is 7. The van der Waals surface area contributed by atoms with Gasteiger partial charge in [0.2, 0.25) is 5.13 Å². The average Bonchev–Trinajstić information content (AvgIpc) is 2.71. The Morgan fingerprint density at radius 2 is 2.28 bits per heavy atom. The lowest BCUT2D eigenvalue weighted by Gasteiger charge is -1.99. The molecule has 0 fully saturated rings. The molecule has 0 atom stereocenters. The van der Waals surface area contributed by atoms with Crippen LogP contribution in [-0.4, -0.2) is 23.0 Å². The molecular weight excluding hydrogens is 270 g/mol. The van der Waals surface area contributed by atoms with Gasteiger partial charge in [-0.05, 0) is 18.2 Å². The molecule has 0 saturated carbocycles. The number of nitrogens with two attached hydrogens (primary N) is 3. The summed E-state index contributed by atoms with van der Waals surface area (Å²) >= 11 is 3.09. The molecule has 1 aromatic heterocycles. The fourth-order valence-electron chi connectivity index (χ4n) is 1.06. The SMILES string of the molecule is NC(N)=Nc1nc(CSCC/C(N)=C/C=O)cs1. The number of allylic oxidation sites excluding steroid dienone is 2. The number of carbonyl (C=O) groups is 1. The molecule has 0 aliphatic heterocycles. The van der Waals surface area contributed by atoms with E-state index in [0.29, 0.717) is 23.5 Å². The Balaban J connectivity index is 2.32. The molecule has 0 unspecified atom stereocenters. The Bertz CT molecular complexity index is 451. The van der Waals surface area contributed by atoms with E-state index in [1.807, 2.05) is 5.38 Å². The van der Waals surface area contributed by atoms with E-state index in [-0.39, 0.29) is 5.96 Å². The summed E-state index contributed by atoms with van der Waals surface area (Å²) in [6, 6.07) is 0. The van der Waals surface area contributed by atoms with Gasteiger partial charge >= 0.3 is 0 Å². The summed E-state index contributed by atoms with van der Waals surface area (Å²) in [7, 11) is 0. The van der Waals surface area contributed by atoms with Gasteiger partial charge in [0.25, 0.3) is 0 Å². The van der Waals surface area contributed by atoms with E-state index in [9.17, 15) is 4.79 Å². The van der Waals surface area contributed by atoms with Crippen molar-refractivity contribution in [3.8, 4) is 0 Å². The Morgan fingerprint density at radius 3 is 2.94 bits per heavy atom. The van der Waals surface area contributed by atoms with Crippen molar-refractivity contribution in [3.05, 3.63) is 22.8 Å². The third kappa shape index (κ3) is 5.69. The van der Waals surface area contributed by atoms with Gasteiger partial charge in [-0.15, -0.1) is 11.3 Å². The summed E-state index contributed by atoms with van der Waals surface area (Å²) in [6.45, 7) is 0. The Kier molecular flexibility index (Phi) is 6.23. The van der Waals surface area contributed by atoms with Crippen LogP contribution in [0.4, 0.5) is 5.13 Å². The maximum atomic E-state index is 10.2. The van der Waals surface area contributed by atoms with Gasteiger partial charge in [-0.25, -0.2) is 4.98 Å². The molecule has 98 valence electrons. The van der Waals surface area contributed by atoms with Crippen LogP contribution in [-0.2, 0) is 10.5 Å². The van der Waals surface area contributed by atoms with Gasteiger partial charge in [-0.2, -0.15) is 16.8 Å². The van der Waals surface area contributed by atoms with E-state index in [1.54, 1.807) is 11.8 Å². The lowest BCUT2D eigenvalue weighted by molar-refractivity contribution is -0.104. The van der Waals surface area contributed by atoms with E-state index in [0.717, 1.165) is 17.2 Å². The fraction of sp³-hybridized carbons (Fsp3) is 0.300. The van der Waals surface area contributed by atoms with Gasteiger partial charge in [0.1, 0.15) is 6.29 Å². The quantitative estimate of drug-likeness (QED) is 0.223. The van der Waals surface area contributed by atoms with E-state index in [2.05, 4.69) is 9.98 Å². The maximum Gasteiger partial charge on any atom is 0.212 e.